The van der Waals surface area contributed by atoms with Gasteiger partial charge < -0.3 is 15.4 Å². The third-order valence-corrected chi connectivity index (χ3v) is 3.05. The average Bonchev–Trinajstić information content (AvgIpc) is 2.49. The number of nitrogens with zero attached hydrogens (tertiary/aromatic N) is 1. The highest BCUT2D eigenvalue weighted by molar-refractivity contribution is 6.05. The summed E-state index contributed by atoms with van der Waals surface area (Å²) in [7, 11) is 3.11. The van der Waals surface area contributed by atoms with Crippen LogP contribution >= 0.6 is 0 Å². The normalized spacial score (nSPS) is 10.1. The molecule has 0 spiro atoms. The molecule has 0 unspecified atom stereocenters. The molecule has 5 nitrogen and oxygen atoms in total. The predicted octanol–water partition coefficient (Wildman–Crippen LogP) is 2.83. The highest BCUT2D eigenvalue weighted by Gasteiger charge is 2.16. The first kappa shape index (κ1) is 14.8. The van der Waals surface area contributed by atoms with Crippen molar-refractivity contribution in [3.63, 3.8) is 0 Å². The second kappa shape index (κ2) is 6.21. The number of rotatable bonds is 4. The molecule has 110 valence electrons. The number of benzene rings is 1. The van der Waals surface area contributed by atoms with Crippen molar-refractivity contribution >= 4 is 17.4 Å². The molecular formula is C15H16FN3O2. The number of aryl methyl sites for hydroxylation is 1. The number of halogens is 1. The highest BCUT2D eigenvalue weighted by atomic mass is 19.1. The summed E-state index contributed by atoms with van der Waals surface area (Å²) in [4.78, 5) is 16.0. The number of nitrogens with one attached hydrogen (secondary N) is 2. The van der Waals surface area contributed by atoms with Gasteiger partial charge in [-0.3, -0.25) is 4.79 Å². The molecule has 21 heavy (non-hydrogen) atoms. The molecule has 0 aliphatic rings. The summed E-state index contributed by atoms with van der Waals surface area (Å²) in [6.45, 7) is 1.83. The summed E-state index contributed by atoms with van der Waals surface area (Å²) in [6.07, 6.45) is 1.38. The van der Waals surface area contributed by atoms with Crippen molar-refractivity contribution in [3.05, 3.63) is 47.4 Å². The Labute approximate surface area is 122 Å². The van der Waals surface area contributed by atoms with E-state index >= 15 is 0 Å². The number of anilines is 2. The third-order valence-electron chi connectivity index (χ3n) is 3.05. The van der Waals surface area contributed by atoms with Gasteiger partial charge in [0.05, 0.1) is 12.7 Å². The van der Waals surface area contributed by atoms with Crippen molar-refractivity contribution in [1.29, 1.82) is 0 Å². The highest BCUT2D eigenvalue weighted by Crippen LogP contribution is 2.22. The van der Waals surface area contributed by atoms with Crippen LogP contribution in [0.3, 0.4) is 0 Å². The van der Waals surface area contributed by atoms with Crippen LogP contribution in [0, 0.1) is 12.7 Å². The fourth-order valence-corrected chi connectivity index (χ4v) is 1.89. The maximum atomic E-state index is 14.0. The zero-order chi connectivity index (χ0) is 15.4. The van der Waals surface area contributed by atoms with Gasteiger partial charge in [0.25, 0.3) is 5.91 Å². The largest absolute Gasteiger partial charge is 0.497 e. The standard InChI is InChI=1S/C15H16FN3O2/c1-9-8-10(21-3)4-5-12(9)19-15(20)11-6-7-18-14(17-2)13(11)16/h4-8H,1-3H3,(H,17,18)(H,19,20). The van der Waals surface area contributed by atoms with Gasteiger partial charge in [0.15, 0.2) is 11.6 Å². The van der Waals surface area contributed by atoms with Gasteiger partial charge in [-0.25, -0.2) is 9.37 Å². The number of amides is 1. The Bertz CT molecular complexity index is 674. The molecule has 2 aromatic rings. The monoisotopic (exact) mass is 289 g/mol. The van der Waals surface area contributed by atoms with E-state index in [9.17, 15) is 9.18 Å². The van der Waals surface area contributed by atoms with Crippen LogP contribution in [0.5, 0.6) is 5.75 Å². The van der Waals surface area contributed by atoms with Crippen LogP contribution in [0.4, 0.5) is 15.9 Å². The van der Waals surface area contributed by atoms with E-state index in [1.165, 1.54) is 12.3 Å². The fourth-order valence-electron chi connectivity index (χ4n) is 1.89. The molecule has 0 bridgehead atoms. The number of aromatic nitrogens is 1. The van der Waals surface area contributed by atoms with Crippen molar-refractivity contribution in [3.8, 4) is 5.75 Å². The molecule has 0 aliphatic heterocycles. The summed E-state index contributed by atoms with van der Waals surface area (Å²) in [6, 6.07) is 6.57. The molecule has 0 radical (unpaired) electrons. The second-order valence-electron chi connectivity index (χ2n) is 4.41. The van der Waals surface area contributed by atoms with Gasteiger partial charge in [-0.1, -0.05) is 0 Å². The number of carbonyl (C=O) groups is 1. The van der Waals surface area contributed by atoms with E-state index in [1.54, 1.807) is 32.4 Å². The first-order valence-electron chi connectivity index (χ1n) is 6.35. The van der Waals surface area contributed by atoms with E-state index in [1.807, 2.05) is 6.92 Å². The van der Waals surface area contributed by atoms with Crippen molar-refractivity contribution in [2.75, 3.05) is 24.8 Å². The number of methoxy groups -OCH3 is 1. The van der Waals surface area contributed by atoms with Crippen LogP contribution in [0.15, 0.2) is 30.5 Å². The molecule has 2 N–H and O–H groups in total. The molecule has 1 amide bonds. The lowest BCUT2D eigenvalue weighted by Gasteiger charge is -2.11. The summed E-state index contributed by atoms with van der Waals surface area (Å²) in [5, 5.41) is 5.28. The Kier molecular flexibility index (Phi) is 4.37. The molecule has 0 atom stereocenters. The Morgan fingerprint density at radius 2 is 2.10 bits per heavy atom. The molecule has 0 saturated carbocycles. The summed E-state index contributed by atoms with van der Waals surface area (Å²) >= 11 is 0. The van der Waals surface area contributed by atoms with Crippen LogP contribution in [0.25, 0.3) is 0 Å². The van der Waals surface area contributed by atoms with Gasteiger partial charge in [0, 0.05) is 18.9 Å². The van der Waals surface area contributed by atoms with E-state index in [-0.39, 0.29) is 11.4 Å². The quantitative estimate of drug-likeness (QED) is 0.908. The fraction of sp³-hybridized carbons (Fsp3) is 0.200. The van der Waals surface area contributed by atoms with Crippen molar-refractivity contribution < 1.29 is 13.9 Å². The van der Waals surface area contributed by atoms with E-state index in [4.69, 9.17) is 4.74 Å². The minimum absolute atomic E-state index is 0.0362. The number of hydrogen-bond donors (Lipinski definition) is 2. The lowest BCUT2D eigenvalue weighted by molar-refractivity contribution is 0.102. The van der Waals surface area contributed by atoms with Crippen LogP contribution < -0.4 is 15.4 Å². The molecule has 0 aliphatic carbocycles. The van der Waals surface area contributed by atoms with E-state index < -0.39 is 11.7 Å². The number of pyridine rings is 1. The van der Waals surface area contributed by atoms with E-state index in [2.05, 4.69) is 15.6 Å². The summed E-state index contributed by atoms with van der Waals surface area (Å²) in [5.41, 5.74) is 1.36. The smallest absolute Gasteiger partial charge is 0.258 e. The average molecular weight is 289 g/mol. The molecule has 0 fully saturated rings. The SMILES string of the molecule is CNc1nccc(C(=O)Nc2ccc(OC)cc2C)c1F. The molecule has 0 saturated heterocycles. The maximum absolute atomic E-state index is 14.0. The van der Waals surface area contributed by atoms with Crippen molar-refractivity contribution in [1.82, 2.24) is 4.98 Å². The lowest BCUT2D eigenvalue weighted by Crippen LogP contribution is -2.15. The van der Waals surface area contributed by atoms with Gasteiger partial charge >= 0.3 is 0 Å². The Hall–Kier alpha value is -2.63. The lowest BCUT2D eigenvalue weighted by atomic mass is 10.1. The minimum Gasteiger partial charge on any atom is -0.497 e. The molecule has 6 heteroatoms. The van der Waals surface area contributed by atoms with Gasteiger partial charge in [0.2, 0.25) is 0 Å². The Morgan fingerprint density at radius 3 is 2.71 bits per heavy atom. The number of hydrogen-bond acceptors (Lipinski definition) is 4. The first-order chi connectivity index (χ1) is 10.1. The van der Waals surface area contributed by atoms with Gasteiger partial charge in [-0.05, 0) is 36.8 Å². The topological polar surface area (TPSA) is 63.2 Å². The molecule has 1 aromatic carbocycles. The second-order valence-corrected chi connectivity index (χ2v) is 4.41. The van der Waals surface area contributed by atoms with Gasteiger partial charge in [0.1, 0.15) is 5.75 Å². The Morgan fingerprint density at radius 1 is 1.33 bits per heavy atom. The third kappa shape index (κ3) is 3.10. The molecular weight excluding hydrogens is 273 g/mol. The Balaban J connectivity index is 2.26. The van der Waals surface area contributed by atoms with Crippen LogP contribution in [0.2, 0.25) is 0 Å². The van der Waals surface area contributed by atoms with Gasteiger partial charge in [-0.2, -0.15) is 0 Å². The minimum atomic E-state index is -0.677. The first-order valence-corrected chi connectivity index (χ1v) is 6.35. The van der Waals surface area contributed by atoms with Crippen LogP contribution in [0.1, 0.15) is 15.9 Å². The van der Waals surface area contributed by atoms with E-state index in [0.717, 1.165) is 5.56 Å². The number of carbonyl (C=O) groups excluding carboxylic acids is 1. The zero-order valence-electron chi connectivity index (χ0n) is 12.0. The van der Waals surface area contributed by atoms with Gasteiger partial charge in [-0.15, -0.1) is 0 Å². The maximum Gasteiger partial charge on any atom is 0.258 e. The summed E-state index contributed by atoms with van der Waals surface area (Å²) < 4.78 is 19.1. The van der Waals surface area contributed by atoms with Crippen molar-refractivity contribution in [2.24, 2.45) is 0 Å². The molecule has 2 rings (SSSR count). The molecule has 1 heterocycles. The molecule has 1 aromatic heterocycles. The van der Waals surface area contributed by atoms with Crippen LogP contribution in [-0.2, 0) is 0 Å². The number of ether oxygens (including phenoxy) is 1. The predicted molar refractivity (Wildman–Crippen MR) is 79.4 cm³/mol. The zero-order valence-corrected chi connectivity index (χ0v) is 12.0. The van der Waals surface area contributed by atoms with Crippen molar-refractivity contribution in [2.45, 2.75) is 6.92 Å². The summed E-state index contributed by atoms with van der Waals surface area (Å²) in [5.74, 6) is -0.476. The van der Waals surface area contributed by atoms with Crippen LogP contribution in [-0.4, -0.2) is 25.0 Å². The van der Waals surface area contributed by atoms with E-state index in [0.29, 0.717) is 11.4 Å².